The van der Waals surface area contributed by atoms with Gasteiger partial charge in [-0.2, -0.15) is 0 Å². The fourth-order valence-electron chi connectivity index (χ4n) is 1.59. The van der Waals surface area contributed by atoms with E-state index in [1.807, 2.05) is 0 Å². The Balaban J connectivity index is 0.00000256. The summed E-state index contributed by atoms with van der Waals surface area (Å²) in [7, 11) is 3.05. The lowest BCUT2D eigenvalue weighted by molar-refractivity contribution is 0.371. The van der Waals surface area contributed by atoms with Crippen molar-refractivity contribution in [2.45, 2.75) is 12.5 Å². The minimum atomic E-state index is -0.261. The molecule has 0 saturated heterocycles. The minimum absolute atomic E-state index is 0. The maximum Gasteiger partial charge on any atom is 0.131 e. The summed E-state index contributed by atoms with van der Waals surface area (Å²) in [5, 5.41) is 9.47. The lowest BCUT2D eigenvalue weighted by Crippen LogP contribution is -2.12. The van der Waals surface area contributed by atoms with Crippen LogP contribution in [0, 0.1) is 0 Å². The van der Waals surface area contributed by atoms with Gasteiger partial charge in [-0.3, -0.25) is 0 Å². The molecule has 17 heavy (non-hydrogen) atoms. The molecule has 0 bridgehead atoms. The molecule has 3 N–H and O–H groups in total. The van der Waals surface area contributed by atoms with E-state index in [1.165, 1.54) is 26.4 Å². The molecule has 0 amide bonds. The summed E-state index contributed by atoms with van der Waals surface area (Å²) in [6, 6.07) is 2.77. The van der Waals surface area contributed by atoms with Crippen LogP contribution in [-0.4, -0.2) is 19.3 Å². The summed E-state index contributed by atoms with van der Waals surface area (Å²) < 4.78 is 10.4. The molecular formula is C12H18ClNO3. The number of benzene rings is 1. The third-order valence-corrected chi connectivity index (χ3v) is 2.32. The van der Waals surface area contributed by atoms with E-state index in [1.54, 1.807) is 6.08 Å². The van der Waals surface area contributed by atoms with Crippen molar-refractivity contribution in [1.29, 1.82) is 0 Å². The van der Waals surface area contributed by atoms with E-state index in [0.29, 0.717) is 17.9 Å². The molecule has 1 aromatic rings. The summed E-state index contributed by atoms with van der Waals surface area (Å²) in [5.74, 6) is 1.13. The molecule has 1 rings (SSSR count). The van der Waals surface area contributed by atoms with Crippen LogP contribution in [0.15, 0.2) is 24.8 Å². The number of aromatic hydroxyl groups is 1. The summed E-state index contributed by atoms with van der Waals surface area (Å²) in [5.41, 5.74) is 6.73. The van der Waals surface area contributed by atoms with E-state index in [-0.39, 0.29) is 24.2 Å². The normalized spacial score (nSPS) is 11.2. The van der Waals surface area contributed by atoms with Gasteiger partial charge in [0.2, 0.25) is 0 Å². The largest absolute Gasteiger partial charge is 0.508 e. The molecule has 5 heteroatoms. The summed E-state index contributed by atoms with van der Waals surface area (Å²) in [4.78, 5) is 0. The molecule has 96 valence electrons. The second kappa shape index (κ2) is 7.04. The molecular weight excluding hydrogens is 242 g/mol. The van der Waals surface area contributed by atoms with E-state index in [4.69, 9.17) is 15.2 Å². The number of hydrogen-bond acceptors (Lipinski definition) is 4. The van der Waals surface area contributed by atoms with Gasteiger partial charge in [0.1, 0.15) is 17.2 Å². The quantitative estimate of drug-likeness (QED) is 0.797. The lowest BCUT2D eigenvalue weighted by atomic mass is 10.0. The van der Waals surface area contributed by atoms with Crippen LogP contribution < -0.4 is 15.2 Å². The van der Waals surface area contributed by atoms with Crippen molar-refractivity contribution in [3.05, 3.63) is 30.4 Å². The van der Waals surface area contributed by atoms with Crippen molar-refractivity contribution in [3.8, 4) is 17.2 Å². The number of phenols is 1. The van der Waals surface area contributed by atoms with Crippen LogP contribution in [0.3, 0.4) is 0 Å². The number of phenolic OH excluding ortho intramolecular Hbond substituents is 1. The van der Waals surface area contributed by atoms with Crippen LogP contribution in [-0.2, 0) is 0 Å². The van der Waals surface area contributed by atoms with Gasteiger partial charge in [0, 0.05) is 18.2 Å². The molecule has 0 aliphatic carbocycles. The molecule has 0 unspecified atom stereocenters. The van der Waals surface area contributed by atoms with Crippen LogP contribution in [0.2, 0.25) is 0 Å². The monoisotopic (exact) mass is 259 g/mol. The van der Waals surface area contributed by atoms with Gasteiger partial charge >= 0.3 is 0 Å². The van der Waals surface area contributed by atoms with Crippen molar-refractivity contribution in [1.82, 2.24) is 0 Å². The highest BCUT2D eigenvalue weighted by Gasteiger charge is 2.18. The van der Waals surface area contributed by atoms with Crippen molar-refractivity contribution in [2.24, 2.45) is 5.73 Å². The summed E-state index contributed by atoms with van der Waals surface area (Å²) in [6.45, 7) is 3.64. The minimum Gasteiger partial charge on any atom is -0.508 e. The maximum atomic E-state index is 9.47. The molecule has 0 fully saturated rings. The zero-order chi connectivity index (χ0) is 12.1. The average molecular weight is 260 g/mol. The Kier molecular flexibility index (Phi) is 6.46. The van der Waals surface area contributed by atoms with Gasteiger partial charge in [-0.15, -0.1) is 19.0 Å². The Hall–Kier alpha value is -1.39. The van der Waals surface area contributed by atoms with Crippen LogP contribution in [0.5, 0.6) is 17.2 Å². The zero-order valence-electron chi connectivity index (χ0n) is 9.97. The second-order valence-corrected chi connectivity index (χ2v) is 3.39. The molecule has 0 aliphatic heterocycles. The molecule has 1 aromatic carbocycles. The number of ether oxygens (including phenoxy) is 2. The maximum absolute atomic E-state index is 9.47. The van der Waals surface area contributed by atoms with E-state index in [0.717, 1.165) is 5.56 Å². The van der Waals surface area contributed by atoms with Crippen LogP contribution >= 0.6 is 12.4 Å². The zero-order valence-corrected chi connectivity index (χ0v) is 10.8. The lowest BCUT2D eigenvalue weighted by Gasteiger charge is -2.18. The predicted molar refractivity (Wildman–Crippen MR) is 70.2 cm³/mol. The average Bonchev–Trinajstić information content (AvgIpc) is 2.27. The molecule has 0 radical (unpaired) electrons. The first kappa shape index (κ1) is 15.6. The topological polar surface area (TPSA) is 64.7 Å². The van der Waals surface area contributed by atoms with Crippen LogP contribution in [0.25, 0.3) is 0 Å². The Bertz CT molecular complexity index is 357. The second-order valence-electron chi connectivity index (χ2n) is 3.39. The van der Waals surface area contributed by atoms with Gasteiger partial charge in [0.05, 0.1) is 19.8 Å². The summed E-state index contributed by atoms with van der Waals surface area (Å²) >= 11 is 0. The third kappa shape index (κ3) is 3.54. The SMILES string of the molecule is C=CC[C@@H](N)c1c(OC)cc(O)cc1OC.Cl. The summed E-state index contributed by atoms with van der Waals surface area (Å²) in [6.07, 6.45) is 2.34. The molecule has 0 heterocycles. The van der Waals surface area contributed by atoms with Crippen molar-refractivity contribution in [3.63, 3.8) is 0 Å². The Morgan fingerprint density at radius 3 is 2.18 bits per heavy atom. The van der Waals surface area contributed by atoms with Crippen LogP contribution in [0.4, 0.5) is 0 Å². The standard InChI is InChI=1S/C12H17NO3.ClH/c1-4-5-9(13)12-10(15-2)6-8(14)7-11(12)16-3;/h4,6-7,9,14H,1,5,13H2,2-3H3;1H/t9-;/m1./s1. The fraction of sp³-hybridized carbons (Fsp3) is 0.333. The van der Waals surface area contributed by atoms with Gasteiger partial charge in [0.15, 0.2) is 0 Å². The van der Waals surface area contributed by atoms with E-state index in [2.05, 4.69) is 6.58 Å². The highest BCUT2D eigenvalue weighted by atomic mass is 35.5. The molecule has 0 spiro atoms. The number of methoxy groups -OCH3 is 2. The smallest absolute Gasteiger partial charge is 0.131 e. The number of halogens is 1. The number of rotatable bonds is 5. The Morgan fingerprint density at radius 1 is 1.35 bits per heavy atom. The van der Waals surface area contributed by atoms with Gasteiger partial charge in [-0.25, -0.2) is 0 Å². The molecule has 1 atom stereocenters. The third-order valence-electron chi connectivity index (χ3n) is 2.32. The van der Waals surface area contributed by atoms with Crippen molar-refractivity contribution < 1.29 is 14.6 Å². The van der Waals surface area contributed by atoms with E-state index in [9.17, 15) is 5.11 Å². The number of hydrogen-bond donors (Lipinski definition) is 2. The van der Waals surface area contributed by atoms with Crippen molar-refractivity contribution in [2.75, 3.05) is 14.2 Å². The van der Waals surface area contributed by atoms with Gasteiger partial charge in [-0.1, -0.05) is 6.08 Å². The fourth-order valence-corrected chi connectivity index (χ4v) is 1.59. The van der Waals surface area contributed by atoms with Gasteiger partial charge in [0.25, 0.3) is 0 Å². The van der Waals surface area contributed by atoms with Crippen molar-refractivity contribution >= 4 is 12.4 Å². The first-order valence-electron chi connectivity index (χ1n) is 4.95. The Morgan fingerprint density at radius 2 is 1.82 bits per heavy atom. The molecule has 0 aromatic heterocycles. The van der Waals surface area contributed by atoms with Gasteiger partial charge < -0.3 is 20.3 Å². The number of nitrogens with two attached hydrogens (primary N) is 1. The highest BCUT2D eigenvalue weighted by Crippen LogP contribution is 2.38. The highest BCUT2D eigenvalue weighted by molar-refractivity contribution is 5.85. The van der Waals surface area contributed by atoms with Gasteiger partial charge in [-0.05, 0) is 6.42 Å². The molecule has 0 aliphatic rings. The first-order valence-corrected chi connectivity index (χ1v) is 4.95. The molecule has 4 nitrogen and oxygen atoms in total. The molecule has 0 saturated carbocycles. The van der Waals surface area contributed by atoms with E-state index < -0.39 is 0 Å². The van der Waals surface area contributed by atoms with E-state index >= 15 is 0 Å². The Labute approximate surface area is 107 Å². The first-order chi connectivity index (χ1) is 7.63. The predicted octanol–water partition coefficient (Wildman–Crippen LogP) is 2.41. The van der Waals surface area contributed by atoms with Crippen LogP contribution in [0.1, 0.15) is 18.0 Å².